The van der Waals surface area contributed by atoms with Crippen molar-refractivity contribution in [1.29, 1.82) is 0 Å². The van der Waals surface area contributed by atoms with Gasteiger partial charge in [0.1, 0.15) is 18.3 Å². The maximum absolute atomic E-state index is 11.2. The number of ether oxygens (including phenoxy) is 2. The van der Waals surface area contributed by atoms with Crippen molar-refractivity contribution >= 4 is 5.97 Å². The maximum Gasteiger partial charge on any atom is 0.338 e. The maximum atomic E-state index is 11.2. The minimum Gasteiger partial charge on any atom is -0.467 e. The molecule has 1 heterocycles. The van der Waals surface area contributed by atoms with Crippen molar-refractivity contribution in [3.8, 4) is 0 Å². The van der Waals surface area contributed by atoms with Crippen LogP contribution in [0, 0.1) is 0 Å². The second kappa shape index (κ2) is 7.23. The van der Waals surface area contributed by atoms with E-state index in [0.717, 1.165) is 0 Å². The van der Waals surface area contributed by atoms with Crippen LogP contribution in [0.15, 0.2) is 36.0 Å². The number of carbonyl (C=O) groups is 1. The van der Waals surface area contributed by atoms with Crippen LogP contribution in [0.25, 0.3) is 0 Å². The first-order chi connectivity index (χ1) is 9.04. The lowest BCUT2D eigenvalue weighted by atomic mass is 10.0. The summed E-state index contributed by atoms with van der Waals surface area (Å²) in [6.45, 7) is 3.65. The van der Waals surface area contributed by atoms with Gasteiger partial charge in [0.25, 0.3) is 0 Å². The van der Waals surface area contributed by atoms with E-state index in [0.29, 0.717) is 5.57 Å². The summed E-state index contributed by atoms with van der Waals surface area (Å²) in [5, 5.41) is 19.8. The van der Waals surface area contributed by atoms with Crippen LogP contribution in [0.5, 0.6) is 0 Å². The van der Waals surface area contributed by atoms with Crippen molar-refractivity contribution in [2.24, 2.45) is 0 Å². The second-order valence-electron chi connectivity index (χ2n) is 4.15. The molecule has 1 fully saturated rings. The number of hydrogen-bond acceptors (Lipinski definition) is 5. The third kappa shape index (κ3) is 3.76. The fourth-order valence-electron chi connectivity index (χ4n) is 1.92. The summed E-state index contributed by atoms with van der Waals surface area (Å²) in [4.78, 5) is 11.2. The Kier molecular flexibility index (Phi) is 5.95. The van der Waals surface area contributed by atoms with E-state index < -0.39 is 30.4 Å². The third-order valence-electron chi connectivity index (χ3n) is 2.83. The Bertz CT molecular complexity index is 397. The molecule has 106 valence electrons. The smallest absolute Gasteiger partial charge is 0.338 e. The summed E-state index contributed by atoms with van der Waals surface area (Å²) in [6, 6.07) is 0. The molecule has 0 aromatic rings. The summed E-state index contributed by atoms with van der Waals surface area (Å²) in [7, 11) is 1.19. The average molecular weight is 268 g/mol. The molecule has 0 aliphatic carbocycles. The number of esters is 1. The topological polar surface area (TPSA) is 76.0 Å². The molecule has 5 heteroatoms. The zero-order chi connectivity index (χ0) is 14.4. The van der Waals surface area contributed by atoms with E-state index >= 15 is 0 Å². The molecule has 19 heavy (non-hydrogen) atoms. The number of aliphatic hydroxyl groups excluding tert-OH is 2. The van der Waals surface area contributed by atoms with E-state index in [1.807, 2.05) is 13.8 Å². The highest BCUT2D eigenvalue weighted by Gasteiger charge is 2.36. The van der Waals surface area contributed by atoms with E-state index in [1.165, 1.54) is 13.2 Å². The molecule has 1 rings (SSSR count). The van der Waals surface area contributed by atoms with E-state index in [-0.39, 0.29) is 0 Å². The van der Waals surface area contributed by atoms with Gasteiger partial charge in [0, 0.05) is 0 Å². The Morgan fingerprint density at radius 2 is 2.00 bits per heavy atom. The Hall–Kier alpha value is -1.43. The molecule has 5 nitrogen and oxygen atoms in total. The van der Waals surface area contributed by atoms with Crippen molar-refractivity contribution in [1.82, 2.24) is 0 Å². The van der Waals surface area contributed by atoms with Gasteiger partial charge in [-0.25, -0.2) is 4.79 Å². The van der Waals surface area contributed by atoms with Crippen LogP contribution in [-0.4, -0.2) is 47.7 Å². The predicted molar refractivity (Wildman–Crippen MR) is 70.4 cm³/mol. The molecule has 1 aliphatic heterocycles. The normalized spacial score (nSPS) is 31.4. The van der Waals surface area contributed by atoms with Crippen molar-refractivity contribution in [3.63, 3.8) is 0 Å². The Labute approximate surface area is 112 Å². The minimum absolute atomic E-state index is 0.458. The van der Waals surface area contributed by atoms with Crippen LogP contribution in [-0.2, 0) is 14.3 Å². The van der Waals surface area contributed by atoms with Crippen LogP contribution in [0.1, 0.15) is 13.8 Å². The predicted octanol–water partition coefficient (Wildman–Crippen LogP) is 0.727. The van der Waals surface area contributed by atoms with Gasteiger partial charge in [0.2, 0.25) is 0 Å². The summed E-state index contributed by atoms with van der Waals surface area (Å²) < 4.78 is 10.1. The highest BCUT2D eigenvalue weighted by molar-refractivity contribution is 5.76. The molecule has 4 atom stereocenters. The fourth-order valence-corrected chi connectivity index (χ4v) is 1.92. The fraction of sp³-hybridized carbons (Fsp3) is 0.500. The van der Waals surface area contributed by atoms with Crippen LogP contribution >= 0.6 is 0 Å². The van der Waals surface area contributed by atoms with E-state index in [4.69, 9.17) is 4.74 Å². The largest absolute Gasteiger partial charge is 0.467 e. The standard InChI is InChI=1S/C14H20O5/c1-4-6-11-9(8-10(15)14(17)18-3)13(16)12(19-11)7-5-2/h4-8,10-13,15-16H,1-3H3/b6-4+,7-5+,9-8-/t10?,11-,12+,13+/m1/s1. The average Bonchev–Trinajstić information content (AvgIpc) is 2.67. The van der Waals surface area contributed by atoms with Gasteiger partial charge < -0.3 is 19.7 Å². The van der Waals surface area contributed by atoms with Gasteiger partial charge >= 0.3 is 5.97 Å². The van der Waals surface area contributed by atoms with Gasteiger partial charge in [0.05, 0.1) is 7.11 Å². The summed E-state index contributed by atoms with van der Waals surface area (Å²) in [6.07, 6.45) is 5.09. The van der Waals surface area contributed by atoms with Gasteiger partial charge in [-0.3, -0.25) is 0 Å². The van der Waals surface area contributed by atoms with Crippen LogP contribution < -0.4 is 0 Å². The van der Waals surface area contributed by atoms with Crippen molar-refractivity contribution < 1.29 is 24.5 Å². The van der Waals surface area contributed by atoms with Crippen LogP contribution in [0.2, 0.25) is 0 Å². The monoisotopic (exact) mass is 268 g/mol. The van der Waals surface area contributed by atoms with Gasteiger partial charge in [-0.15, -0.1) is 0 Å². The van der Waals surface area contributed by atoms with Gasteiger partial charge in [0.15, 0.2) is 6.10 Å². The molecule has 1 unspecified atom stereocenters. The number of rotatable bonds is 4. The van der Waals surface area contributed by atoms with Crippen LogP contribution in [0.4, 0.5) is 0 Å². The first kappa shape index (κ1) is 15.6. The molecular formula is C14H20O5. The quantitative estimate of drug-likeness (QED) is 0.580. The van der Waals surface area contributed by atoms with E-state index in [2.05, 4.69) is 4.74 Å². The third-order valence-corrected chi connectivity index (χ3v) is 2.83. The lowest BCUT2D eigenvalue weighted by Crippen LogP contribution is -2.24. The molecular weight excluding hydrogens is 248 g/mol. The summed E-state index contributed by atoms with van der Waals surface area (Å²) in [5.74, 6) is -0.770. The number of allylic oxidation sites excluding steroid dienone is 2. The molecule has 0 aromatic carbocycles. The highest BCUT2D eigenvalue weighted by atomic mass is 16.5. The first-order valence-corrected chi connectivity index (χ1v) is 6.11. The first-order valence-electron chi connectivity index (χ1n) is 6.11. The molecule has 0 amide bonds. The number of hydrogen-bond donors (Lipinski definition) is 2. The Morgan fingerprint density at radius 1 is 1.37 bits per heavy atom. The summed E-state index contributed by atoms with van der Waals surface area (Å²) >= 11 is 0. The molecule has 0 spiro atoms. The zero-order valence-electron chi connectivity index (χ0n) is 11.3. The van der Waals surface area contributed by atoms with Crippen molar-refractivity contribution in [2.45, 2.75) is 38.3 Å². The number of aliphatic hydroxyl groups is 2. The number of carbonyl (C=O) groups excluding carboxylic acids is 1. The lowest BCUT2D eigenvalue weighted by molar-refractivity contribution is -0.147. The molecule has 0 aromatic heterocycles. The molecule has 0 bridgehead atoms. The lowest BCUT2D eigenvalue weighted by Gasteiger charge is -2.10. The highest BCUT2D eigenvalue weighted by Crippen LogP contribution is 2.28. The van der Waals surface area contributed by atoms with Gasteiger partial charge in [-0.2, -0.15) is 0 Å². The van der Waals surface area contributed by atoms with E-state index in [1.54, 1.807) is 24.3 Å². The summed E-state index contributed by atoms with van der Waals surface area (Å²) in [5.41, 5.74) is 0.458. The SMILES string of the molecule is C/C=C/[C@@H]1O[C@H](/C=C/C)/C(=C/C(O)C(=O)OC)[C@@H]1O. The van der Waals surface area contributed by atoms with Gasteiger partial charge in [-0.1, -0.05) is 24.3 Å². The molecule has 2 N–H and O–H groups in total. The molecule has 0 saturated carbocycles. The van der Waals surface area contributed by atoms with Crippen molar-refractivity contribution in [3.05, 3.63) is 36.0 Å². The molecule has 1 aliphatic rings. The molecule has 0 radical (unpaired) electrons. The number of methoxy groups -OCH3 is 1. The second-order valence-corrected chi connectivity index (χ2v) is 4.15. The zero-order valence-corrected chi connectivity index (χ0v) is 11.3. The van der Waals surface area contributed by atoms with Crippen molar-refractivity contribution in [2.75, 3.05) is 7.11 Å². The minimum atomic E-state index is -1.41. The molecule has 1 saturated heterocycles. The van der Waals surface area contributed by atoms with Crippen LogP contribution in [0.3, 0.4) is 0 Å². The van der Waals surface area contributed by atoms with E-state index in [9.17, 15) is 15.0 Å². The van der Waals surface area contributed by atoms with Gasteiger partial charge in [-0.05, 0) is 25.5 Å². The Balaban J connectivity index is 2.99. The Morgan fingerprint density at radius 3 is 2.53 bits per heavy atom.